The van der Waals surface area contributed by atoms with Crippen LogP contribution >= 0.6 is 11.8 Å². The van der Waals surface area contributed by atoms with Crippen molar-refractivity contribution in [2.24, 2.45) is 0 Å². The van der Waals surface area contributed by atoms with Crippen molar-refractivity contribution in [3.8, 4) is 0 Å². The highest BCUT2D eigenvalue weighted by atomic mass is 32.2. The third-order valence-corrected chi connectivity index (χ3v) is 3.88. The molecule has 0 spiro atoms. The number of rotatable bonds is 4. The molecule has 1 heterocycles. The van der Waals surface area contributed by atoms with Crippen molar-refractivity contribution in [2.75, 3.05) is 31.3 Å². The molecule has 0 unspecified atom stereocenters. The number of ether oxygens (including phenoxy) is 1. The van der Waals surface area contributed by atoms with Crippen molar-refractivity contribution in [3.05, 3.63) is 24.3 Å². The molecule has 1 aliphatic rings. The Balaban J connectivity index is 1.87. The Bertz CT molecular complexity index is 347. The van der Waals surface area contributed by atoms with Gasteiger partial charge in [-0.2, -0.15) is 0 Å². The van der Waals surface area contributed by atoms with Gasteiger partial charge in [-0.05, 0) is 30.5 Å². The lowest BCUT2D eigenvalue weighted by Crippen LogP contribution is -2.42. The predicted octanol–water partition coefficient (Wildman–Crippen LogP) is 2.36. The molecule has 1 aliphatic heterocycles. The van der Waals surface area contributed by atoms with Gasteiger partial charge in [-0.25, -0.2) is 0 Å². The average molecular weight is 253 g/mol. The van der Waals surface area contributed by atoms with Crippen molar-refractivity contribution < 1.29 is 9.84 Å². The van der Waals surface area contributed by atoms with E-state index < -0.39 is 5.60 Å². The fraction of sp³-hybridized carbons (Fsp3) is 0.538. The molecule has 2 rings (SSSR count). The summed E-state index contributed by atoms with van der Waals surface area (Å²) in [6.07, 6.45) is 3.49. The quantitative estimate of drug-likeness (QED) is 0.808. The second-order valence-electron chi connectivity index (χ2n) is 4.42. The molecule has 0 amide bonds. The highest BCUT2D eigenvalue weighted by Gasteiger charge is 2.29. The van der Waals surface area contributed by atoms with Crippen molar-refractivity contribution in [3.63, 3.8) is 0 Å². The average Bonchev–Trinajstić information content (AvgIpc) is 2.38. The smallest absolute Gasteiger partial charge is 0.0863 e. The summed E-state index contributed by atoms with van der Waals surface area (Å²) in [5.41, 5.74) is 0.443. The van der Waals surface area contributed by atoms with Crippen molar-refractivity contribution in [1.29, 1.82) is 0 Å². The lowest BCUT2D eigenvalue weighted by Gasteiger charge is -2.32. The van der Waals surface area contributed by atoms with E-state index in [1.165, 1.54) is 4.90 Å². The van der Waals surface area contributed by atoms with Crippen LogP contribution in [0.5, 0.6) is 0 Å². The second-order valence-corrected chi connectivity index (χ2v) is 5.30. The first-order chi connectivity index (χ1) is 8.22. The van der Waals surface area contributed by atoms with Gasteiger partial charge in [0, 0.05) is 43.2 Å². The fourth-order valence-corrected chi connectivity index (χ4v) is 2.31. The van der Waals surface area contributed by atoms with Crippen LogP contribution in [0.4, 0.5) is 5.69 Å². The molecule has 0 bridgehead atoms. The van der Waals surface area contributed by atoms with Crippen LogP contribution < -0.4 is 5.32 Å². The third-order valence-electron chi connectivity index (χ3n) is 3.14. The number of anilines is 1. The van der Waals surface area contributed by atoms with Gasteiger partial charge in [0.15, 0.2) is 0 Å². The molecule has 4 heteroatoms. The van der Waals surface area contributed by atoms with E-state index in [4.69, 9.17) is 4.74 Å². The van der Waals surface area contributed by atoms with E-state index >= 15 is 0 Å². The van der Waals surface area contributed by atoms with Crippen molar-refractivity contribution in [1.82, 2.24) is 0 Å². The maximum atomic E-state index is 10.3. The molecular formula is C13H19NO2S. The molecule has 0 saturated carbocycles. The lowest BCUT2D eigenvalue weighted by molar-refractivity contribution is -0.0543. The molecule has 94 valence electrons. The molecule has 3 nitrogen and oxygen atoms in total. The third kappa shape index (κ3) is 3.63. The topological polar surface area (TPSA) is 41.5 Å². The zero-order chi connectivity index (χ0) is 12.1. The summed E-state index contributed by atoms with van der Waals surface area (Å²) in [7, 11) is 0. The minimum absolute atomic E-state index is 0.592. The van der Waals surface area contributed by atoms with Crippen LogP contribution in [0.3, 0.4) is 0 Å². The zero-order valence-corrected chi connectivity index (χ0v) is 10.9. The van der Waals surface area contributed by atoms with Crippen LogP contribution in [-0.4, -0.2) is 36.7 Å². The Morgan fingerprint density at radius 3 is 2.53 bits per heavy atom. The van der Waals surface area contributed by atoms with Gasteiger partial charge in [0.1, 0.15) is 0 Å². The van der Waals surface area contributed by atoms with E-state index in [0.717, 1.165) is 5.69 Å². The van der Waals surface area contributed by atoms with E-state index in [2.05, 4.69) is 35.8 Å². The lowest BCUT2D eigenvalue weighted by atomic mass is 9.94. The van der Waals surface area contributed by atoms with Gasteiger partial charge < -0.3 is 15.2 Å². The zero-order valence-electron chi connectivity index (χ0n) is 10.1. The number of nitrogens with one attached hydrogen (secondary N) is 1. The van der Waals surface area contributed by atoms with Crippen LogP contribution in [0.2, 0.25) is 0 Å². The van der Waals surface area contributed by atoms with Gasteiger partial charge >= 0.3 is 0 Å². The summed E-state index contributed by atoms with van der Waals surface area (Å²) in [5, 5.41) is 13.6. The van der Waals surface area contributed by atoms with Gasteiger partial charge in [-0.1, -0.05) is 0 Å². The number of hydrogen-bond donors (Lipinski definition) is 2. The Hall–Kier alpha value is -0.710. The summed E-state index contributed by atoms with van der Waals surface area (Å²) < 4.78 is 5.26. The molecule has 1 saturated heterocycles. The summed E-state index contributed by atoms with van der Waals surface area (Å²) in [6.45, 7) is 1.90. The van der Waals surface area contributed by atoms with E-state index in [-0.39, 0.29) is 0 Å². The van der Waals surface area contributed by atoms with Gasteiger partial charge in [0.05, 0.1) is 5.60 Å². The summed E-state index contributed by atoms with van der Waals surface area (Å²) >= 11 is 1.73. The van der Waals surface area contributed by atoms with Crippen LogP contribution in [0.15, 0.2) is 29.2 Å². The van der Waals surface area contributed by atoms with E-state index in [0.29, 0.717) is 32.6 Å². The Morgan fingerprint density at radius 2 is 1.94 bits per heavy atom. The maximum absolute atomic E-state index is 10.3. The molecule has 2 N–H and O–H groups in total. The highest BCUT2D eigenvalue weighted by molar-refractivity contribution is 7.98. The molecule has 17 heavy (non-hydrogen) atoms. The molecule has 0 atom stereocenters. The summed E-state index contributed by atoms with van der Waals surface area (Å²) in [6, 6.07) is 8.27. The SMILES string of the molecule is CSc1ccc(NCC2(O)CCOCC2)cc1. The minimum Gasteiger partial charge on any atom is -0.388 e. The van der Waals surface area contributed by atoms with Crippen LogP contribution in [0, 0.1) is 0 Å². The molecule has 0 aliphatic carbocycles. The Labute approximate surface area is 107 Å². The van der Waals surface area contributed by atoms with Crippen LogP contribution in [-0.2, 0) is 4.74 Å². The molecular weight excluding hydrogens is 234 g/mol. The van der Waals surface area contributed by atoms with E-state index in [9.17, 15) is 5.11 Å². The van der Waals surface area contributed by atoms with Crippen molar-refractivity contribution in [2.45, 2.75) is 23.3 Å². The molecule has 0 aromatic heterocycles. The van der Waals surface area contributed by atoms with Gasteiger partial charge in [0.25, 0.3) is 0 Å². The van der Waals surface area contributed by atoms with E-state index in [1.54, 1.807) is 11.8 Å². The van der Waals surface area contributed by atoms with E-state index in [1.807, 2.05) is 0 Å². The molecule has 0 radical (unpaired) electrons. The minimum atomic E-state index is -0.615. The van der Waals surface area contributed by atoms with Gasteiger partial charge in [0.2, 0.25) is 0 Å². The first kappa shape index (κ1) is 12.7. The summed E-state index contributed by atoms with van der Waals surface area (Å²) in [4.78, 5) is 1.25. The number of thioether (sulfide) groups is 1. The van der Waals surface area contributed by atoms with Crippen LogP contribution in [0.25, 0.3) is 0 Å². The second kappa shape index (κ2) is 5.76. The van der Waals surface area contributed by atoms with Crippen molar-refractivity contribution >= 4 is 17.4 Å². The Kier molecular flexibility index (Phi) is 4.31. The number of benzene rings is 1. The highest BCUT2D eigenvalue weighted by Crippen LogP contribution is 2.22. The summed E-state index contributed by atoms with van der Waals surface area (Å²) in [5.74, 6) is 0. The molecule has 1 aromatic carbocycles. The largest absolute Gasteiger partial charge is 0.388 e. The first-order valence-electron chi connectivity index (χ1n) is 5.90. The maximum Gasteiger partial charge on any atom is 0.0863 e. The number of aliphatic hydroxyl groups is 1. The predicted molar refractivity (Wildman–Crippen MR) is 71.7 cm³/mol. The molecule has 1 aromatic rings. The van der Waals surface area contributed by atoms with Crippen LogP contribution in [0.1, 0.15) is 12.8 Å². The first-order valence-corrected chi connectivity index (χ1v) is 7.12. The monoisotopic (exact) mass is 253 g/mol. The van der Waals surface area contributed by atoms with Gasteiger partial charge in [-0.15, -0.1) is 11.8 Å². The Morgan fingerprint density at radius 1 is 1.29 bits per heavy atom. The standard InChI is InChI=1S/C13H19NO2S/c1-17-12-4-2-11(3-5-12)14-10-13(15)6-8-16-9-7-13/h2-5,14-15H,6-10H2,1H3. The normalized spacial score (nSPS) is 18.9. The fourth-order valence-electron chi connectivity index (χ4n) is 1.90. The molecule has 1 fully saturated rings. The number of hydrogen-bond acceptors (Lipinski definition) is 4. The van der Waals surface area contributed by atoms with Gasteiger partial charge in [-0.3, -0.25) is 0 Å².